The maximum absolute atomic E-state index is 10.6. The van der Waals surface area contributed by atoms with E-state index in [1.54, 1.807) is 17.4 Å². The molecule has 0 bridgehead atoms. The van der Waals surface area contributed by atoms with E-state index in [9.17, 15) is 5.11 Å². The minimum Gasteiger partial charge on any atom is -0.504 e. The number of benzene rings is 2. The Morgan fingerprint density at radius 1 is 1.22 bits per heavy atom. The highest BCUT2D eigenvalue weighted by molar-refractivity contribution is 7.21. The van der Waals surface area contributed by atoms with Gasteiger partial charge in [-0.2, -0.15) is 0 Å². The van der Waals surface area contributed by atoms with E-state index in [1.807, 2.05) is 18.2 Å². The molecule has 2 aromatic carbocycles. The molecule has 3 aromatic rings. The highest BCUT2D eigenvalue weighted by atomic mass is 32.1. The lowest BCUT2D eigenvalue weighted by Crippen LogP contribution is -2.33. The molecule has 0 unspecified atom stereocenters. The van der Waals surface area contributed by atoms with Crippen molar-refractivity contribution in [2.24, 2.45) is 0 Å². The van der Waals surface area contributed by atoms with E-state index in [4.69, 9.17) is 14.5 Å². The first-order valence-electron chi connectivity index (χ1n) is 9.45. The van der Waals surface area contributed by atoms with Crippen molar-refractivity contribution in [1.82, 2.24) is 9.88 Å². The van der Waals surface area contributed by atoms with Crippen molar-refractivity contribution in [3.05, 3.63) is 42.0 Å². The summed E-state index contributed by atoms with van der Waals surface area (Å²) in [6.07, 6.45) is 2.59. The van der Waals surface area contributed by atoms with Crippen molar-refractivity contribution >= 4 is 21.6 Å². The van der Waals surface area contributed by atoms with Gasteiger partial charge in [-0.1, -0.05) is 12.1 Å². The number of phenols is 1. The number of hydrogen-bond donors (Lipinski definition) is 1. The van der Waals surface area contributed by atoms with Crippen LogP contribution in [0.1, 0.15) is 18.4 Å². The number of aromatic nitrogens is 1. The standard InChI is InChI=1S/C21H22N2O3S/c24-18-11-14(21-22-17-5-1-2-6-19(17)27-21)10-15-12-23(7-9-26-20(15)18)13-16-4-3-8-25-16/h1-2,5-6,10-11,16,24H,3-4,7-9,12-13H2/t16-/m1/s1. The van der Waals surface area contributed by atoms with Crippen LogP contribution in [0.5, 0.6) is 11.5 Å². The first kappa shape index (κ1) is 17.0. The van der Waals surface area contributed by atoms with Crippen LogP contribution in [0.3, 0.4) is 0 Å². The SMILES string of the molecule is Oc1cc(-c2nc3ccccc3s2)cc2c1OCCN(C[C@H]1CCCO1)C2. The molecule has 1 fully saturated rings. The largest absolute Gasteiger partial charge is 0.504 e. The fourth-order valence-electron chi connectivity index (χ4n) is 3.90. The van der Waals surface area contributed by atoms with E-state index in [0.717, 1.165) is 65.4 Å². The van der Waals surface area contributed by atoms with Crippen LogP contribution >= 0.6 is 11.3 Å². The second-order valence-electron chi connectivity index (χ2n) is 7.19. The molecular formula is C21H22N2O3S. The molecule has 0 amide bonds. The van der Waals surface area contributed by atoms with E-state index < -0.39 is 0 Å². The molecule has 5 nitrogen and oxygen atoms in total. The average molecular weight is 382 g/mol. The van der Waals surface area contributed by atoms with Gasteiger partial charge in [0.25, 0.3) is 0 Å². The summed E-state index contributed by atoms with van der Waals surface area (Å²) in [5.41, 5.74) is 2.94. The molecule has 1 saturated heterocycles. The van der Waals surface area contributed by atoms with Gasteiger partial charge in [0.1, 0.15) is 11.6 Å². The maximum atomic E-state index is 10.6. The summed E-state index contributed by atoms with van der Waals surface area (Å²) in [4.78, 5) is 7.10. The van der Waals surface area contributed by atoms with Crippen LogP contribution in [0, 0.1) is 0 Å². The van der Waals surface area contributed by atoms with Crippen LogP contribution in [0.4, 0.5) is 0 Å². The van der Waals surface area contributed by atoms with Crippen molar-refractivity contribution in [2.45, 2.75) is 25.5 Å². The Morgan fingerprint density at radius 2 is 2.15 bits per heavy atom. The zero-order valence-corrected chi connectivity index (χ0v) is 15.9. The number of thiazole rings is 1. The molecule has 0 saturated carbocycles. The summed E-state index contributed by atoms with van der Waals surface area (Å²) < 4.78 is 12.8. The monoisotopic (exact) mass is 382 g/mol. The van der Waals surface area contributed by atoms with Gasteiger partial charge in [-0.25, -0.2) is 4.98 Å². The maximum Gasteiger partial charge on any atom is 0.165 e. The quantitative estimate of drug-likeness (QED) is 0.741. The predicted octanol–water partition coefficient (Wildman–Crippen LogP) is 4.04. The van der Waals surface area contributed by atoms with E-state index in [1.165, 1.54) is 0 Å². The van der Waals surface area contributed by atoms with Crippen LogP contribution in [-0.2, 0) is 11.3 Å². The second kappa shape index (κ2) is 7.11. The minimum atomic E-state index is 0.195. The van der Waals surface area contributed by atoms with Crippen LogP contribution in [0.25, 0.3) is 20.8 Å². The van der Waals surface area contributed by atoms with E-state index >= 15 is 0 Å². The number of nitrogens with zero attached hydrogens (tertiary/aromatic N) is 2. The summed E-state index contributed by atoms with van der Waals surface area (Å²) in [5.74, 6) is 0.801. The highest BCUT2D eigenvalue weighted by Gasteiger charge is 2.24. The van der Waals surface area contributed by atoms with Crippen molar-refractivity contribution < 1.29 is 14.6 Å². The fourth-order valence-corrected chi connectivity index (χ4v) is 4.86. The highest BCUT2D eigenvalue weighted by Crippen LogP contribution is 2.39. The first-order chi connectivity index (χ1) is 13.3. The summed E-state index contributed by atoms with van der Waals surface area (Å²) in [7, 11) is 0. The predicted molar refractivity (Wildman–Crippen MR) is 106 cm³/mol. The normalized spacial score (nSPS) is 20.4. The topological polar surface area (TPSA) is 54.8 Å². The number of phenolic OH excluding ortho intramolecular Hbond substituents is 1. The molecule has 3 heterocycles. The van der Waals surface area contributed by atoms with Crippen LogP contribution < -0.4 is 4.74 Å². The molecule has 1 aromatic heterocycles. The van der Waals surface area contributed by atoms with Gasteiger partial charge < -0.3 is 14.6 Å². The van der Waals surface area contributed by atoms with E-state index in [0.29, 0.717) is 18.5 Å². The molecule has 1 atom stereocenters. The molecule has 2 aliphatic heterocycles. The van der Waals surface area contributed by atoms with Crippen molar-refractivity contribution in [2.75, 3.05) is 26.3 Å². The Morgan fingerprint density at radius 3 is 3.00 bits per heavy atom. The molecule has 0 aliphatic carbocycles. The summed E-state index contributed by atoms with van der Waals surface area (Å²) in [6, 6.07) is 12.0. The second-order valence-corrected chi connectivity index (χ2v) is 8.22. The Hall–Kier alpha value is -2.15. The Kier molecular flexibility index (Phi) is 4.47. The van der Waals surface area contributed by atoms with Crippen molar-refractivity contribution in [3.8, 4) is 22.1 Å². The summed E-state index contributed by atoms with van der Waals surface area (Å²) >= 11 is 1.65. The Balaban J connectivity index is 1.47. The fraction of sp³-hybridized carbons (Fsp3) is 0.381. The Labute approximate surface area is 162 Å². The van der Waals surface area contributed by atoms with Gasteiger partial charge in [-0.05, 0) is 37.1 Å². The molecule has 0 radical (unpaired) electrons. The molecule has 27 heavy (non-hydrogen) atoms. The molecule has 5 rings (SSSR count). The number of rotatable bonds is 3. The van der Waals surface area contributed by atoms with Crippen LogP contribution in [0.15, 0.2) is 36.4 Å². The molecule has 6 heteroatoms. The number of ether oxygens (including phenoxy) is 2. The van der Waals surface area contributed by atoms with Gasteiger partial charge in [0.05, 0.1) is 16.3 Å². The van der Waals surface area contributed by atoms with Gasteiger partial charge in [-0.15, -0.1) is 11.3 Å². The van der Waals surface area contributed by atoms with Crippen LogP contribution in [0.2, 0.25) is 0 Å². The van der Waals surface area contributed by atoms with Gasteiger partial charge in [0.2, 0.25) is 0 Å². The lowest BCUT2D eigenvalue weighted by Gasteiger charge is -2.22. The number of hydrogen-bond acceptors (Lipinski definition) is 6. The number of aromatic hydroxyl groups is 1. The van der Waals surface area contributed by atoms with Gasteiger partial charge >= 0.3 is 0 Å². The van der Waals surface area contributed by atoms with Crippen molar-refractivity contribution in [3.63, 3.8) is 0 Å². The first-order valence-corrected chi connectivity index (χ1v) is 10.3. The molecule has 0 spiro atoms. The van der Waals surface area contributed by atoms with Gasteiger partial charge in [-0.3, -0.25) is 4.90 Å². The summed E-state index contributed by atoms with van der Waals surface area (Å²) in [5, 5.41) is 11.5. The molecule has 2 aliphatic rings. The number of fused-ring (bicyclic) bond motifs is 2. The zero-order valence-electron chi connectivity index (χ0n) is 15.1. The van der Waals surface area contributed by atoms with Crippen molar-refractivity contribution in [1.29, 1.82) is 0 Å². The zero-order chi connectivity index (χ0) is 18.2. The van der Waals surface area contributed by atoms with Gasteiger partial charge in [0, 0.05) is 37.4 Å². The third-order valence-corrected chi connectivity index (χ3v) is 6.31. The molecule has 140 valence electrons. The van der Waals surface area contributed by atoms with Gasteiger partial charge in [0.15, 0.2) is 11.5 Å². The Bertz CT molecular complexity index is 932. The third kappa shape index (κ3) is 3.40. The van der Waals surface area contributed by atoms with E-state index in [2.05, 4.69) is 17.0 Å². The smallest absolute Gasteiger partial charge is 0.165 e. The molecule has 1 N–H and O–H groups in total. The third-order valence-electron chi connectivity index (χ3n) is 5.22. The summed E-state index contributed by atoms with van der Waals surface area (Å²) in [6.45, 7) is 3.95. The van der Waals surface area contributed by atoms with E-state index in [-0.39, 0.29) is 5.75 Å². The minimum absolute atomic E-state index is 0.195. The van der Waals surface area contributed by atoms with Crippen LogP contribution in [-0.4, -0.2) is 47.4 Å². The lowest BCUT2D eigenvalue weighted by atomic mass is 10.1. The lowest BCUT2D eigenvalue weighted by molar-refractivity contribution is 0.0687. The molecular weight excluding hydrogens is 360 g/mol. The average Bonchev–Trinajstić information content (AvgIpc) is 3.28. The number of para-hydroxylation sites is 1.